The monoisotopic (exact) mass is 373 g/mol. The normalized spacial score (nSPS) is 16.9. The van der Waals surface area contributed by atoms with Crippen LogP contribution in [0.4, 0.5) is 0 Å². The zero-order valence-electron chi connectivity index (χ0n) is 13.8. The van der Waals surface area contributed by atoms with Crippen LogP contribution in [0.25, 0.3) is 4.91 Å². The van der Waals surface area contributed by atoms with E-state index in [1.807, 2.05) is 0 Å². The number of aromatic hydroxyl groups is 2. The van der Waals surface area contributed by atoms with Crippen molar-refractivity contribution in [1.29, 1.82) is 0 Å². The van der Waals surface area contributed by atoms with Crippen LogP contribution >= 0.6 is 12.6 Å². The van der Waals surface area contributed by atoms with Crippen molar-refractivity contribution < 1.29 is 19.8 Å². The molecule has 1 unspecified atom stereocenters. The number of phenolic OH excluding ortho intramolecular Hbond substituents is 2. The van der Waals surface area contributed by atoms with Gasteiger partial charge in [-0.1, -0.05) is 0 Å². The summed E-state index contributed by atoms with van der Waals surface area (Å²) in [5, 5.41) is 24.5. The van der Waals surface area contributed by atoms with Gasteiger partial charge in [-0.3, -0.25) is 9.59 Å². The van der Waals surface area contributed by atoms with E-state index in [2.05, 4.69) is 23.3 Å². The molecule has 1 atom stereocenters. The van der Waals surface area contributed by atoms with Gasteiger partial charge in [0.05, 0.1) is 12.4 Å². The Bertz CT molecular complexity index is 875. The zero-order chi connectivity index (χ0) is 18.7. The molecule has 0 spiro atoms. The molecule has 0 fully saturated rings. The standard InChI is InChI=1S/C18H19N3O4S/c22-14-6-4-13(21-7-1-2-12(14)21)18(25)20-10-19-9-17(26)11-3-5-15(23)16(24)8-11/h1-3,5,7-9,13,19,23-24,26H,4,6,10H2,(H,20,25)/b17-9-. The lowest BCUT2D eigenvalue weighted by Gasteiger charge is -2.24. The second kappa shape index (κ2) is 7.57. The number of hydrogen-bond donors (Lipinski definition) is 5. The van der Waals surface area contributed by atoms with Crippen LogP contribution in [-0.2, 0) is 4.79 Å². The van der Waals surface area contributed by atoms with Crippen LogP contribution in [0.15, 0.2) is 42.7 Å². The van der Waals surface area contributed by atoms with Crippen LogP contribution in [0.2, 0.25) is 0 Å². The van der Waals surface area contributed by atoms with Crippen LogP contribution in [0, 0.1) is 0 Å². The van der Waals surface area contributed by atoms with Crippen molar-refractivity contribution in [1.82, 2.24) is 15.2 Å². The molecule has 0 aliphatic carbocycles. The number of aromatic nitrogens is 1. The average Bonchev–Trinajstić information content (AvgIpc) is 3.11. The number of ketones is 1. The highest BCUT2D eigenvalue weighted by atomic mass is 32.1. The van der Waals surface area contributed by atoms with Crippen molar-refractivity contribution in [2.45, 2.75) is 18.9 Å². The molecule has 2 aromatic rings. The van der Waals surface area contributed by atoms with E-state index in [1.54, 1.807) is 35.2 Å². The highest BCUT2D eigenvalue weighted by Gasteiger charge is 2.29. The number of rotatable bonds is 5. The highest BCUT2D eigenvalue weighted by molar-refractivity contribution is 7.90. The van der Waals surface area contributed by atoms with Crippen molar-refractivity contribution in [3.05, 3.63) is 54.0 Å². The van der Waals surface area contributed by atoms with Crippen molar-refractivity contribution in [2.24, 2.45) is 0 Å². The number of Topliss-reactive ketones (excluding diaryl/α,β-unsaturated/α-hetero) is 1. The third-order valence-corrected chi connectivity index (χ3v) is 4.61. The summed E-state index contributed by atoms with van der Waals surface area (Å²) >= 11 is 4.32. The van der Waals surface area contributed by atoms with Gasteiger partial charge in [0, 0.05) is 23.7 Å². The number of nitrogens with one attached hydrogen (secondary N) is 2. The maximum absolute atomic E-state index is 12.4. The molecule has 0 saturated heterocycles. The number of benzene rings is 1. The van der Waals surface area contributed by atoms with Crippen LogP contribution in [0.1, 0.15) is 34.9 Å². The fourth-order valence-electron chi connectivity index (χ4n) is 2.86. The lowest BCUT2D eigenvalue weighted by Crippen LogP contribution is -2.39. The molecule has 8 heteroatoms. The SMILES string of the molecule is O=C1CCC(C(=O)NCN/C=C(\S)c2ccc(O)c(O)c2)n2cccc21. The third kappa shape index (κ3) is 3.70. The van der Waals surface area contributed by atoms with Gasteiger partial charge >= 0.3 is 0 Å². The number of fused-ring (bicyclic) bond motifs is 1. The van der Waals surface area contributed by atoms with Gasteiger partial charge in [-0.05, 0) is 42.3 Å². The van der Waals surface area contributed by atoms with E-state index >= 15 is 0 Å². The summed E-state index contributed by atoms with van der Waals surface area (Å²) in [4.78, 5) is 24.7. The molecule has 136 valence electrons. The minimum Gasteiger partial charge on any atom is -0.504 e. The average molecular weight is 373 g/mol. The predicted molar refractivity (Wildman–Crippen MR) is 99.9 cm³/mol. The highest BCUT2D eigenvalue weighted by Crippen LogP contribution is 2.29. The van der Waals surface area contributed by atoms with E-state index in [1.165, 1.54) is 12.1 Å². The van der Waals surface area contributed by atoms with Crippen molar-refractivity contribution in [2.75, 3.05) is 6.67 Å². The second-order valence-electron chi connectivity index (χ2n) is 5.93. The molecule has 7 nitrogen and oxygen atoms in total. The molecular weight excluding hydrogens is 354 g/mol. The number of carbonyl (C=O) groups is 2. The van der Waals surface area contributed by atoms with Crippen molar-refractivity contribution in [3.63, 3.8) is 0 Å². The summed E-state index contributed by atoms with van der Waals surface area (Å²) in [6.45, 7) is 0.188. The van der Waals surface area contributed by atoms with Gasteiger partial charge < -0.3 is 25.4 Å². The largest absolute Gasteiger partial charge is 0.504 e. The minimum absolute atomic E-state index is 0.0528. The van der Waals surface area contributed by atoms with Crippen LogP contribution in [0.3, 0.4) is 0 Å². The third-order valence-electron chi connectivity index (χ3n) is 4.22. The van der Waals surface area contributed by atoms with E-state index in [0.717, 1.165) is 0 Å². The Morgan fingerprint density at radius 2 is 2.12 bits per heavy atom. The van der Waals surface area contributed by atoms with Crippen molar-refractivity contribution in [3.8, 4) is 11.5 Å². The zero-order valence-corrected chi connectivity index (χ0v) is 14.7. The fraction of sp³-hybridized carbons (Fsp3) is 0.222. The molecule has 3 rings (SSSR count). The Morgan fingerprint density at radius 3 is 2.88 bits per heavy atom. The summed E-state index contributed by atoms with van der Waals surface area (Å²) in [5.74, 6) is -0.550. The van der Waals surface area contributed by atoms with E-state index in [0.29, 0.717) is 29.0 Å². The number of thiol groups is 1. The molecule has 0 bridgehead atoms. The second-order valence-corrected chi connectivity index (χ2v) is 6.42. The lowest BCUT2D eigenvalue weighted by atomic mass is 10.0. The number of amides is 1. The minimum atomic E-state index is -0.395. The number of nitrogens with zero attached hydrogens (tertiary/aromatic N) is 1. The van der Waals surface area contributed by atoms with Gasteiger partial charge in [0.15, 0.2) is 17.3 Å². The topological polar surface area (TPSA) is 104 Å². The van der Waals surface area contributed by atoms with E-state index < -0.39 is 6.04 Å². The maximum atomic E-state index is 12.4. The number of carbonyl (C=O) groups excluding carboxylic acids is 2. The first-order valence-electron chi connectivity index (χ1n) is 8.10. The van der Waals surface area contributed by atoms with Gasteiger partial charge in [0.1, 0.15) is 6.04 Å². The van der Waals surface area contributed by atoms with Crippen LogP contribution < -0.4 is 10.6 Å². The summed E-state index contributed by atoms with van der Waals surface area (Å²) in [5.41, 5.74) is 1.18. The molecule has 1 aromatic heterocycles. The first kappa shape index (κ1) is 17.9. The molecule has 0 saturated carbocycles. The molecule has 0 radical (unpaired) electrons. The summed E-state index contributed by atoms with van der Waals surface area (Å²) < 4.78 is 1.71. The molecule has 1 aliphatic heterocycles. The van der Waals surface area contributed by atoms with E-state index in [9.17, 15) is 19.8 Å². The number of hydrogen-bond acceptors (Lipinski definition) is 6. The molecular formula is C18H19N3O4S. The maximum Gasteiger partial charge on any atom is 0.244 e. The molecule has 1 amide bonds. The van der Waals surface area contributed by atoms with Crippen LogP contribution in [0.5, 0.6) is 11.5 Å². The van der Waals surface area contributed by atoms with Crippen LogP contribution in [-0.4, -0.2) is 33.1 Å². The summed E-state index contributed by atoms with van der Waals surface area (Å²) in [6, 6.07) is 7.47. The first-order valence-corrected chi connectivity index (χ1v) is 8.54. The van der Waals surface area contributed by atoms with Crippen molar-refractivity contribution >= 4 is 29.2 Å². The van der Waals surface area contributed by atoms with Gasteiger partial charge in [-0.25, -0.2) is 0 Å². The fourth-order valence-corrected chi connectivity index (χ4v) is 3.09. The smallest absolute Gasteiger partial charge is 0.244 e. The summed E-state index contributed by atoms with van der Waals surface area (Å²) in [6.07, 6.45) is 4.17. The molecule has 4 N–H and O–H groups in total. The quantitative estimate of drug-likeness (QED) is 0.239. The molecule has 1 aliphatic rings. The van der Waals surface area contributed by atoms with E-state index in [4.69, 9.17) is 0 Å². The Labute approximate surface area is 155 Å². The molecule has 26 heavy (non-hydrogen) atoms. The Balaban J connectivity index is 1.55. The lowest BCUT2D eigenvalue weighted by molar-refractivity contribution is -0.124. The van der Waals surface area contributed by atoms with Gasteiger partial charge in [0.2, 0.25) is 5.91 Å². The van der Waals surface area contributed by atoms with Gasteiger partial charge in [0.25, 0.3) is 0 Å². The number of phenols is 2. The molecule has 2 heterocycles. The Kier molecular flexibility index (Phi) is 5.22. The van der Waals surface area contributed by atoms with E-state index in [-0.39, 0.29) is 29.9 Å². The van der Waals surface area contributed by atoms with Gasteiger partial charge in [-0.2, -0.15) is 0 Å². The van der Waals surface area contributed by atoms with Gasteiger partial charge in [-0.15, -0.1) is 12.6 Å². The summed E-state index contributed by atoms with van der Waals surface area (Å²) in [7, 11) is 0. The first-order chi connectivity index (χ1) is 12.5. The predicted octanol–water partition coefficient (Wildman–Crippen LogP) is 2.01. The Hall–Kier alpha value is -2.87. The Morgan fingerprint density at radius 1 is 1.31 bits per heavy atom. The molecule has 1 aromatic carbocycles.